The Morgan fingerprint density at radius 1 is 1.05 bits per heavy atom. The molecule has 40 heavy (non-hydrogen) atoms. The maximum atomic E-state index is 12.8. The molecule has 2 aromatic carbocycles. The maximum Gasteiger partial charge on any atom is 0.336 e. The van der Waals surface area contributed by atoms with E-state index < -0.39 is 17.9 Å². The van der Waals surface area contributed by atoms with Gasteiger partial charge >= 0.3 is 5.97 Å². The lowest BCUT2D eigenvalue weighted by molar-refractivity contribution is -0.122. The van der Waals surface area contributed by atoms with Gasteiger partial charge in [-0.1, -0.05) is 18.2 Å². The van der Waals surface area contributed by atoms with Crippen molar-refractivity contribution in [3.05, 3.63) is 75.9 Å². The number of carboxylic acids is 1. The molecule has 2 aromatic rings. The van der Waals surface area contributed by atoms with Gasteiger partial charge in [-0.15, -0.1) is 0 Å². The highest BCUT2D eigenvalue weighted by Crippen LogP contribution is 2.43. The molecule has 11 heteroatoms. The van der Waals surface area contributed by atoms with E-state index in [1.807, 2.05) is 0 Å². The van der Waals surface area contributed by atoms with Crippen LogP contribution in [-0.2, 0) is 11.3 Å². The minimum absolute atomic E-state index is 0.0669. The van der Waals surface area contributed by atoms with Crippen molar-refractivity contribution >= 4 is 28.8 Å². The van der Waals surface area contributed by atoms with Gasteiger partial charge in [-0.05, 0) is 48.7 Å². The van der Waals surface area contributed by atoms with Gasteiger partial charge in [0.2, 0.25) is 5.91 Å². The molecule has 1 aliphatic carbocycles. The topological polar surface area (TPSA) is 179 Å². The lowest BCUT2D eigenvalue weighted by atomic mass is 9.90. The van der Waals surface area contributed by atoms with Crippen molar-refractivity contribution in [2.75, 3.05) is 20.6 Å². The smallest absolute Gasteiger partial charge is 0.336 e. The fraction of sp³-hybridized carbons (Fsp3) is 0.241. The Labute approximate surface area is 230 Å². The van der Waals surface area contributed by atoms with E-state index in [0.717, 1.165) is 0 Å². The average Bonchev–Trinajstić information content (AvgIpc) is 2.95. The summed E-state index contributed by atoms with van der Waals surface area (Å²) >= 11 is 0. The predicted molar refractivity (Wildman–Crippen MR) is 153 cm³/mol. The van der Waals surface area contributed by atoms with E-state index in [1.165, 1.54) is 24.3 Å². The van der Waals surface area contributed by atoms with Crippen molar-refractivity contribution in [3.8, 4) is 28.2 Å². The average molecular weight is 546 g/mol. The van der Waals surface area contributed by atoms with Crippen LogP contribution in [0.3, 0.4) is 0 Å². The first kappa shape index (κ1) is 28.1. The monoisotopic (exact) mass is 545 g/mol. The van der Waals surface area contributed by atoms with E-state index in [2.05, 4.69) is 20.9 Å². The summed E-state index contributed by atoms with van der Waals surface area (Å²) in [5.41, 5.74) is 7.81. The molecule has 208 valence electrons. The molecule has 0 radical (unpaired) electrons. The van der Waals surface area contributed by atoms with Crippen molar-refractivity contribution in [2.45, 2.75) is 25.4 Å². The first-order chi connectivity index (χ1) is 19.2. The third-order valence-electron chi connectivity index (χ3n) is 6.56. The Kier molecular flexibility index (Phi) is 8.65. The Balaban J connectivity index is 1.70. The molecular formula is C29H31N5O6. The van der Waals surface area contributed by atoms with Crippen LogP contribution in [0.15, 0.2) is 68.8 Å². The van der Waals surface area contributed by atoms with E-state index in [-0.39, 0.29) is 40.2 Å². The number of phenols is 1. The molecule has 1 atom stereocenters. The minimum Gasteiger partial charge on any atom is -0.507 e. The number of hydrogen-bond donors (Lipinski definition) is 6. The van der Waals surface area contributed by atoms with Crippen LogP contribution in [0.2, 0.25) is 0 Å². The number of hydrogen-bond acceptors (Lipinski definition) is 7. The van der Waals surface area contributed by atoms with Crippen LogP contribution in [-0.4, -0.2) is 54.7 Å². The Bertz CT molecular complexity index is 1610. The number of nitrogens with zero attached hydrogens (tertiary/aromatic N) is 1. The van der Waals surface area contributed by atoms with Crippen LogP contribution in [0.5, 0.6) is 5.75 Å². The van der Waals surface area contributed by atoms with Crippen molar-refractivity contribution < 1.29 is 24.2 Å². The number of guanidine groups is 1. The maximum absolute atomic E-state index is 12.8. The van der Waals surface area contributed by atoms with E-state index in [9.17, 15) is 24.6 Å². The Hall–Kier alpha value is -4.90. The number of carboxylic acid groups (broad SMARTS) is 1. The summed E-state index contributed by atoms with van der Waals surface area (Å²) in [6.45, 7) is 0.375. The van der Waals surface area contributed by atoms with Crippen molar-refractivity contribution in [2.24, 2.45) is 10.7 Å². The number of nitrogens with one attached hydrogen (secondary N) is 3. The van der Waals surface area contributed by atoms with Crippen LogP contribution in [0.4, 0.5) is 0 Å². The zero-order chi connectivity index (χ0) is 28.8. The highest BCUT2D eigenvalue weighted by Gasteiger charge is 2.24. The summed E-state index contributed by atoms with van der Waals surface area (Å²) in [6, 6.07) is 13.1. The summed E-state index contributed by atoms with van der Waals surface area (Å²) in [5, 5.41) is 29.7. The summed E-state index contributed by atoms with van der Waals surface area (Å²) in [4.78, 5) is 41.3. The molecular weight excluding hydrogens is 514 g/mol. The van der Waals surface area contributed by atoms with Gasteiger partial charge in [-0.25, -0.2) is 4.79 Å². The van der Waals surface area contributed by atoms with E-state index in [4.69, 9.17) is 10.2 Å². The first-order valence-corrected chi connectivity index (χ1v) is 12.7. The molecule has 2 aliphatic rings. The number of carbonyl (C=O) groups excluding carboxylic acids is 1. The molecule has 0 fully saturated rings. The number of aliphatic imine (C=N–C) groups is 1. The number of nitrogens with two attached hydrogens (primary N) is 1. The van der Waals surface area contributed by atoms with Gasteiger partial charge in [0.25, 0.3) is 0 Å². The van der Waals surface area contributed by atoms with Crippen LogP contribution in [0.25, 0.3) is 33.4 Å². The second-order valence-corrected chi connectivity index (χ2v) is 9.12. The molecule has 0 saturated carbocycles. The lowest BCUT2D eigenvalue weighted by Gasteiger charge is -2.19. The number of aromatic hydroxyl groups is 1. The van der Waals surface area contributed by atoms with Gasteiger partial charge in [-0.3, -0.25) is 14.6 Å². The number of fused-ring (bicyclic) bond motifs is 2. The zero-order valence-electron chi connectivity index (χ0n) is 22.2. The molecule has 1 aliphatic heterocycles. The van der Waals surface area contributed by atoms with Crippen molar-refractivity contribution in [1.29, 1.82) is 0 Å². The second kappa shape index (κ2) is 12.3. The number of rotatable bonds is 9. The number of benzene rings is 3. The third-order valence-corrected chi connectivity index (χ3v) is 6.56. The number of amides is 1. The number of carbonyl (C=O) groups is 2. The molecule has 1 heterocycles. The highest BCUT2D eigenvalue weighted by molar-refractivity contribution is 6.08. The molecule has 11 nitrogen and oxygen atoms in total. The fourth-order valence-electron chi connectivity index (χ4n) is 4.55. The molecule has 0 aromatic heterocycles. The van der Waals surface area contributed by atoms with E-state index >= 15 is 0 Å². The van der Waals surface area contributed by atoms with Crippen molar-refractivity contribution in [1.82, 2.24) is 16.0 Å². The van der Waals surface area contributed by atoms with Crippen LogP contribution < -0.4 is 27.1 Å². The van der Waals surface area contributed by atoms with Crippen LogP contribution in [0.1, 0.15) is 28.8 Å². The zero-order valence-corrected chi connectivity index (χ0v) is 22.2. The van der Waals surface area contributed by atoms with Gasteiger partial charge < -0.3 is 36.3 Å². The van der Waals surface area contributed by atoms with Gasteiger partial charge in [0, 0.05) is 43.2 Å². The predicted octanol–water partition coefficient (Wildman–Crippen LogP) is 2.49. The fourth-order valence-corrected chi connectivity index (χ4v) is 4.55. The first-order valence-electron chi connectivity index (χ1n) is 12.7. The van der Waals surface area contributed by atoms with Crippen molar-refractivity contribution in [3.63, 3.8) is 0 Å². The highest BCUT2D eigenvalue weighted by atomic mass is 16.4. The second-order valence-electron chi connectivity index (χ2n) is 9.12. The van der Waals surface area contributed by atoms with E-state index in [1.54, 1.807) is 44.4 Å². The number of aromatic carboxylic acids is 1. The molecule has 4 rings (SSSR count). The summed E-state index contributed by atoms with van der Waals surface area (Å²) in [6.07, 6.45) is 0.987. The third kappa shape index (κ3) is 5.89. The quantitative estimate of drug-likeness (QED) is 0.0797. The molecule has 0 bridgehead atoms. The molecule has 7 N–H and O–H groups in total. The number of phenolic OH excluding ortho intramolecular Hbond substituents is 1. The molecule has 0 spiro atoms. The van der Waals surface area contributed by atoms with Crippen LogP contribution >= 0.6 is 0 Å². The molecule has 1 amide bonds. The summed E-state index contributed by atoms with van der Waals surface area (Å²) < 4.78 is 6.10. The molecule has 1 unspecified atom stereocenters. The standard InChI is InChI=1S/C29H31N5O6/c1-31-29(32-2)33-13-5-8-22(30)27(37)34-15-21-23(36)12-11-20-25(17-6-3-4-7-18(17)28(38)39)19-10-9-16(35)14-24(19)40-26(20)21/h3-4,6-7,9-12,14,22,36H,5,8,13,15,30H2,1-2H3,(H,34,37)(H,38,39)(H2,31,32,33). The van der Waals surface area contributed by atoms with Gasteiger partial charge in [0.1, 0.15) is 17.1 Å². The Morgan fingerprint density at radius 2 is 1.80 bits per heavy atom. The summed E-state index contributed by atoms with van der Waals surface area (Å²) in [7, 11) is 3.50. The minimum atomic E-state index is -1.11. The Morgan fingerprint density at radius 3 is 2.52 bits per heavy atom. The molecule has 0 saturated heterocycles. The van der Waals surface area contributed by atoms with Gasteiger partial charge in [0.05, 0.1) is 23.7 Å². The lowest BCUT2D eigenvalue weighted by Crippen LogP contribution is -2.40. The van der Waals surface area contributed by atoms with Crippen LogP contribution in [0, 0.1) is 0 Å². The largest absolute Gasteiger partial charge is 0.507 e. The normalized spacial score (nSPS) is 11.7. The van der Waals surface area contributed by atoms with Gasteiger partial charge in [0.15, 0.2) is 11.4 Å². The van der Waals surface area contributed by atoms with E-state index in [0.29, 0.717) is 47.4 Å². The van der Waals surface area contributed by atoms with Gasteiger partial charge in [-0.2, -0.15) is 0 Å². The summed E-state index contributed by atoms with van der Waals surface area (Å²) in [5.74, 6) is -0.816. The SMILES string of the molecule is CNC(=NCCCC(N)C(=O)NCc1c(O)ccc2c(-c3ccccc3C(=O)O)c3ccc(=O)cc-3oc12)NC.